The molecular formula is C13H23N3O. The molecule has 0 spiro atoms. The van der Waals surface area contributed by atoms with Crippen LogP contribution in [0.1, 0.15) is 33.4 Å². The number of ketones is 1. The Hall–Kier alpha value is -1.16. The number of nitrogens with one attached hydrogen (secondary N) is 1. The highest BCUT2D eigenvalue weighted by molar-refractivity contribution is 5.82. The Morgan fingerprint density at radius 3 is 2.59 bits per heavy atom. The molecule has 0 atom stereocenters. The van der Waals surface area contributed by atoms with E-state index >= 15 is 0 Å². The normalized spacial score (nSPS) is 11.7. The van der Waals surface area contributed by atoms with Gasteiger partial charge in [0.25, 0.3) is 0 Å². The molecular weight excluding hydrogens is 214 g/mol. The minimum Gasteiger partial charge on any atom is -0.348 e. The van der Waals surface area contributed by atoms with E-state index in [4.69, 9.17) is 0 Å². The van der Waals surface area contributed by atoms with E-state index in [-0.39, 0.29) is 5.92 Å². The van der Waals surface area contributed by atoms with Crippen LogP contribution in [0.4, 0.5) is 0 Å². The smallest absolute Gasteiger partial charge is 0.149 e. The number of aromatic nitrogens is 2. The van der Waals surface area contributed by atoms with Crippen LogP contribution in [-0.2, 0) is 11.2 Å². The lowest BCUT2D eigenvalue weighted by molar-refractivity contribution is -0.123. The fraction of sp³-hybridized carbons (Fsp3) is 0.692. The lowest BCUT2D eigenvalue weighted by atomic mass is 10.1. The zero-order valence-corrected chi connectivity index (χ0v) is 11.2. The molecule has 0 amide bonds. The van der Waals surface area contributed by atoms with Crippen LogP contribution in [0, 0.1) is 5.92 Å². The van der Waals surface area contributed by atoms with E-state index in [0.717, 1.165) is 18.7 Å². The molecule has 0 unspecified atom stereocenters. The van der Waals surface area contributed by atoms with Gasteiger partial charge in [0.1, 0.15) is 5.78 Å². The van der Waals surface area contributed by atoms with Crippen molar-refractivity contribution in [3.63, 3.8) is 0 Å². The van der Waals surface area contributed by atoms with Crippen molar-refractivity contribution in [2.24, 2.45) is 5.92 Å². The van der Waals surface area contributed by atoms with Crippen LogP contribution in [0.15, 0.2) is 12.5 Å². The highest BCUT2D eigenvalue weighted by Gasteiger charge is 2.16. The number of carbonyl (C=O) groups is 1. The van der Waals surface area contributed by atoms with E-state index in [2.05, 4.69) is 28.7 Å². The van der Waals surface area contributed by atoms with Crippen molar-refractivity contribution in [1.29, 1.82) is 0 Å². The molecule has 0 aliphatic carbocycles. The fourth-order valence-corrected chi connectivity index (χ4v) is 1.59. The predicted molar refractivity (Wildman–Crippen MR) is 68.8 cm³/mol. The minimum absolute atomic E-state index is 0.114. The summed E-state index contributed by atoms with van der Waals surface area (Å²) < 4.78 is 0. The highest BCUT2D eigenvalue weighted by Crippen LogP contribution is 2.05. The lowest BCUT2D eigenvalue weighted by Crippen LogP contribution is -2.38. The molecule has 4 nitrogen and oxygen atoms in total. The standard InChI is InChI=1S/C13H23N3O/c1-10(2)13(17)8-16(11(3)4)6-5-12-7-14-9-15-12/h7,9-11H,5-6,8H2,1-4H3,(H,14,15). The number of rotatable bonds is 7. The SMILES string of the molecule is CC(C)C(=O)CN(CCc1cnc[nH]1)C(C)C. The molecule has 0 bridgehead atoms. The Morgan fingerprint density at radius 2 is 2.12 bits per heavy atom. The van der Waals surface area contributed by atoms with Crippen LogP contribution >= 0.6 is 0 Å². The van der Waals surface area contributed by atoms with Gasteiger partial charge < -0.3 is 4.98 Å². The zero-order valence-electron chi connectivity index (χ0n) is 11.2. The summed E-state index contributed by atoms with van der Waals surface area (Å²) >= 11 is 0. The van der Waals surface area contributed by atoms with Crippen molar-refractivity contribution >= 4 is 5.78 Å². The topological polar surface area (TPSA) is 49.0 Å². The zero-order chi connectivity index (χ0) is 12.8. The van der Waals surface area contributed by atoms with E-state index in [9.17, 15) is 4.79 Å². The van der Waals surface area contributed by atoms with Crippen LogP contribution < -0.4 is 0 Å². The van der Waals surface area contributed by atoms with Crippen molar-refractivity contribution in [3.05, 3.63) is 18.2 Å². The van der Waals surface area contributed by atoms with Gasteiger partial charge in [0.05, 0.1) is 12.9 Å². The summed E-state index contributed by atoms with van der Waals surface area (Å²) in [6.45, 7) is 9.59. The van der Waals surface area contributed by atoms with Gasteiger partial charge in [-0.15, -0.1) is 0 Å². The van der Waals surface area contributed by atoms with E-state index in [0.29, 0.717) is 18.4 Å². The Bertz CT molecular complexity index is 330. The molecule has 17 heavy (non-hydrogen) atoms. The first-order valence-electron chi connectivity index (χ1n) is 6.24. The van der Waals surface area contributed by atoms with Crippen LogP contribution in [0.3, 0.4) is 0 Å². The minimum atomic E-state index is 0.114. The van der Waals surface area contributed by atoms with Gasteiger partial charge in [-0.2, -0.15) is 0 Å². The maximum absolute atomic E-state index is 11.8. The van der Waals surface area contributed by atoms with Gasteiger partial charge in [0, 0.05) is 36.8 Å². The third-order valence-corrected chi connectivity index (χ3v) is 2.96. The van der Waals surface area contributed by atoms with Crippen LogP contribution in [0.5, 0.6) is 0 Å². The maximum Gasteiger partial charge on any atom is 0.149 e. The van der Waals surface area contributed by atoms with E-state index < -0.39 is 0 Å². The molecule has 1 aromatic heterocycles. The molecule has 0 fully saturated rings. The number of Topliss-reactive ketones (excluding diaryl/α,β-unsaturated/α-hetero) is 1. The van der Waals surface area contributed by atoms with Crippen LogP contribution in [-0.4, -0.2) is 39.8 Å². The molecule has 96 valence electrons. The van der Waals surface area contributed by atoms with Crippen molar-refractivity contribution in [1.82, 2.24) is 14.9 Å². The highest BCUT2D eigenvalue weighted by atomic mass is 16.1. The first-order valence-corrected chi connectivity index (χ1v) is 6.24. The lowest BCUT2D eigenvalue weighted by Gasteiger charge is -2.26. The summed E-state index contributed by atoms with van der Waals surface area (Å²) in [5.74, 6) is 0.423. The Labute approximate surface area is 103 Å². The van der Waals surface area contributed by atoms with E-state index in [1.165, 1.54) is 0 Å². The molecule has 0 saturated heterocycles. The summed E-state index contributed by atoms with van der Waals surface area (Å²) in [4.78, 5) is 21.0. The number of nitrogens with zero attached hydrogens (tertiary/aromatic N) is 2. The average molecular weight is 237 g/mol. The first-order chi connectivity index (χ1) is 8.00. The van der Waals surface area contributed by atoms with Crippen LogP contribution in [0.2, 0.25) is 0 Å². The summed E-state index contributed by atoms with van der Waals surface area (Å²) in [6.07, 6.45) is 4.43. The van der Waals surface area contributed by atoms with Gasteiger partial charge in [-0.3, -0.25) is 9.69 Å². The second-order valence-corrected chi connectivity index (χ2v) is 5.01. The molecule has 0 radical (unpaired) electrons. The number of hydrogen-bond acceptors (Lipinski definition) is 3. The summed E-state index contributed by atoms with van der Waals surface area (Å²) in [6, 6.07) is 0.389. The molecule has 1 rings (SSSR count). The monoisotopic (exact) mass is 237 g/mol. The largest absolute Gasteiger partial charge is 0.348 e. The fourth-order valence-electron chi connectivity index (χ4n) is 1.59. The van der Waals surface area contributed by atoms with Gasteiger partial charge in [-0.05, 0) is 13.8 Å². The summed E-state index contributed by atoms with van der Waals surface area (Å²) in [7, 11) is 0. The second kappa shape index (κ2) is 6.55. The van der Waals surface area contributed by atoms with Crippen LogP contribution in [0.25, 0.3) is 0 Å². The third kappa shape index (κ3) is 4.69. The molecule has 1 heterocycles. The van der Waals surface area contributed by atoms with Gasteiger partial charge in [-0.1, -0.05) is 13.8 Å². The quantitative estimate of drug-likeness (QED) is 0.788. The Morgan fingerprint density at radius 1 is 1.41 bits per heavy atom. The number of imidazole rings is 1. The molecule has 0 aromatic carbocycles. The summed E-state index contributed by atoms with van der Waals surface area (Å²) in [5, 5.41) is 0. The number of carbonyl (C=O) groups excluding carboxylic acids is 1. The number of aromatic amines is 1. The molecule has 4 heteroatoms. The Balaban J connectivity index is 2.46. The van der Waals surface area contributed by atoms with Gasteiger partial charge in [0.2, 0.25) is 0 Å². The average Bonchev–Trinajstić information content (AvgIpc) is 2.75. The first kappa shape index (κ1) is 13.9. The van der Waals surface area contributed by atoms with E-state index in [1.54, 1.807) is 6.33 Å². The van der Waals surface area contributed by atoms with Gasteiger partial charge in [0.15, 0.2) is 0 Å². The van der Waals surface area contributed by atoms with Crippen molar-refractivity contribution in [2.45, 2.75) is 40.2 Å². The predicted octanol–water partition coefficient (Wildman–Crippen LogP) is 1.89. The second-order valence-electron chi connectivity index (χ2n) is 5.01. The Kier molecular flexibility index (Phi) is 5.35. The molecule has 1 aromatic rings. The number of hydrogen-bond donors (Lipinski definition) is 1. The van der Waals surface area contributed by atoms with Gasteiger partial charge >= 0.3 is 0 Å². The van der Waals surface area contributed by atoms with Gasteiger partial charge in [-0.25, -0.2) is 4.98 Å². The molecule has 0 aliphatic rings. The molecule has 0 saturated carbocycles. The third-order valence-electron chi connectivity index (χ3n) is 2.96. The maximum atomic E-state index is 11.8. The summed E-state index contributed by atoms with van der Waals surface area (Å²) in [5.41, 5.74) is 1.12. The van der Waals surface area contributed by atoms with Crippen molar-refractivity contribution in [3.8, 4) is 0 Å². The molecule has 0 aliphatic heterocycles. The number of H-pyrrole nitrogens is 1. The van der Waals surface area contributed by atoms with Crippen molar-refractivity contribution in [2.75, 3.05) is 13.1 Å². The van der Waals surface area contributed by atoms with Crippen molar-refractivity contribution < 1.29 is 4.79 Å². The molecule has 1 N–H and O–H groups in total. The van der Waals surface area contributed by atoms with E-state index in [1.807, 2.05) is 20.0 Å².